The highest BCUT2D eigenvalue weighted by Crippen LogP contribution is 2.34. The Bertz CT molecular complexity index is 932. The topological polar surface area (TPSA) is 75.1 Å². The number of piperidine rings is 1. The lowest BCUT2D eigenvalue weighted by Gasteiger charge is -2.41. The van der Waals surface area contributed by atoms with Crippen molar-refractivity contribution in [1.82, 2.24) is 25.0 Å². The van der Waals surface area contributed by atoms with Crippen molar-refractivity contribution in [3.8, 4) is 5.82 Å². The van der Waals surface area contributed by atoms with Crippen LogP contribution in [0, 0.1) is 0 Å². The highest BCUT2D eigenvalue weighted by Gasteiger charge is 2.35. The first-order valence-electron chi connectivity index (χ1n) is 9.91. The van der Waals surface area contributed by atoms with Crippen LogP contribution in [0.25, 0.3) is 5.82 Å². The molecule has 29 heavy (non-hydrogen) atoms. The number of benzene rings is 1. The van der Waals surface area contributed by atoms with Gasteiger partial charge < -0.3 is 10.2 Å². The van der Waals surface area contributed by atoms with Crippen LogP contribution in [0.3, 0.4) is 0 Å². The normalized spacial score (nSPS) is 16.3. The van der Waals surface area contributed by atoms with Crippen LogP contribution < -0.4 is 10.6 Å². The van der Waals surface area contributed by atoms with E-state index < -0.39 is 0 Å². The number of pyridine rings is 1. The van der Waals surface area contributed by atoms with Crippen molar-refractivity contribution in [3.63, 3.8) is 0 Å². The molecule has 2 aromatic heterocycles. The van der Waals surface area contributed by atoms with Gasteiger partial charge in [0.05, 0.1) is 0 Å². The van der Waals surface area contributed by atoms with Crippen LogP contribution in [-0.2, 0) is 5.41 Å². The molecule has 1 aromatic carbocycles. The van der Waals surface area contributed by atoms with E-state index in [-0.39, 0.29) is 11.4 Å². The van der Waals surface area contributed by atoms with Gasteiger partial charge in [-0.1, -0.05) is 36.4 Å². The summed E-state index contributed by atoms with van der Waals surface area (Å²) in [7, 11) is 2.15. The maximum absolute atomic E-state index is 12.5. The summed E-state index contributed by atoms with van der Waals surface area (Å²) in [6.45, 7) is 2.64. The monoisotopic (exact) mass is 390 g/mol. The molecule has 0 radical (unpaired) electrons. The van der Waals surface area contributed by atoms with Crippen molar-refractivity contribution in [2.24, 2.45) is 0 Å². The van der Waals surface area contributed by atoms with Gasteiger partial charge in [-0.15, -0.1) is 5.10 Å². The van der Waals surface area contributed by atoms with Gasteiger partial charge >= 0.3 is 6.03 Å². The average molecular weight is 390 g/mol. The van der Waals surface area contributed by atoms with Gasteiger partial charge in [0.1, 0.15) is 0 Å². The van der Waals surface area contributed by atoms with Crippen molar-refractivity contribution in [1.29, 1.82) is 0 Å². The molecule has 1 aliphatic rings. The van der Waals surface area contributed by atoms with E-state index in [1.54, 1.807) is 23.1 Å². The number of nitrogens with zero attached hydrogens (tertiary/aromatic N) is 4. The number of rotatable bonds is 5. The maximum Gasteiger partial charge on any atom is 0.320 e. The summed E-state index contributed by atoms with van der Waals surface area (Å²) in [5.74, 6) is 1.20. The summed E-state index contributed by atoms with van der Waals surface area (Å²) in [4.78, 5) is 19.1. The van der Waals surface area contributed by atoms with Crippen molar-refractivity contribution in [3.05, 3.63) is 72.6 Å². The largest absolute Gasteiger partial charge is 0.337 e. The van der Waals surface area contributed by atoms with Crippen LogP contribution in [0.4, 0.5) is 10.6 Å². The van der Waals surface area contributed by atoms with E-state index >= 15 is 0 Å². The molecular formula is C22H26N6O. The van der Waals surface area contributed by atoms with Gasteiger partial charge in [0, 0.05) is 30.4 Å². The Hall–Kier alpha value is -3.19. The summed E-state index contributed by atoms with van der Waals surface area (Å²) in [6.07, 6.45) is 5.52. The van der Waals surface area contributed by atoms with Crippen LogP contribution in [0.15, 0.2) is 67.0 Å². The second-order valence-electron chi connectivity index (χ2n) is 7.59. The lowest BCUT2D eigenvalue weighted by molar-refractivity contribution is 0.183. The highest BCUT2D eigenvalue weighted by atomic mass is 16.2. The zero-order chi connectivity index (χ0) is 20.1. The molecular weight excluding hydrogens is 364 g/mol. The number of anilines is 1. The minimum absolute atomic E-state index is 0.0432. The lowest BCUT2D eigenvalue weighted by Crippen LogP contribution is -2.48. The van der Waals surface area contributed by atoms with Crippen molar-refractivity contribution in [2.75, 3.05) is 32.0 Å². The van der Waals surface area contributed by atoms with E-state index in [1.165, 1.54) is 5.56 Å². The Balaban J connectivity index is 1.41. The standard InChI is InChI=1S/C22H26N6O/c1-27-15-11-22(12-16-27,18-7-3-2-4-8-18)17-24-21(29)25-19-10-14-28(26-19)20-9-5-6-13-23-20/h2-10,13-14H,11-12,15-17H2,1H3,(H2,24,25,26,29). The maximum atomic E-state index is 12.5. The van der Waals surface area contributed by atoms with Crippen LogP contribution >= 0.6 is 0 Å². The van der Waals surface area contributed by atoms with E-state index in [4.69, 9.17) is 0 Å². The van der Waals surface area contributed by atoms with E-state index in [0.717, 1.165) is 25.9 Å². The summed E-state index contributed by atoms with van der Waals surface area (Å²) >= 11 is 0. The molecule has 7 nitrogen and oxygen atoms in total. The Labute approximate surface area is 170 Å². The molecule has 0 aliphatic carbocycles. The number of hydrogen-bond donors (Lipinski definition) is 2. The Morgan fingerprint density at radius 2 is 1.83 bits per heavy atom. The molecule has 0 saturated carbocycles. The van der Waals surface area contributed by atoms with Gasteiger partial charge in [0.25, 0.3) is 0 Å². The van der Waals surface area contributed by atoms with Crippen molar-refractivity contribution >= 4 is 11.8 Å². The molecule has 0 unspecified atom stereocenters. The summed E-state index contributed by atoms with van der Waals surface area (Å²) in [5, 5.41) is 10.3. The fraction of sp³-hybridized carbons (Fsp3) is 0.318. The van der Waals surface area contributed by atoms with Gasteiger partial charge in [-0.25, -0.2) is 14.5 Å². The number of carbonyl (C=O) groups is 1. The molecule has 150 valence electrons. The number of nitrogens with one attached hydrogen (secondary N) is 2. The summed E-state index contributed by atoms with van der Waals surface area (Å²) in [6, 6.07) is 17.6. The Kier molecular flexibility index (Phi) is 5.57. The fourth-order valence-electron chi connectivity index (χ4n) is 3.82. The Morgan fingerprint density at radius 3 is 2.55 bits per heavy atom. The molecule has 0 bridgehead atoms. The first-order chi connectivity index (χ1) is 14.1. The fourth-order valence-corrected chi connectivity index (χ4v) is 3.82. The number of hydrogen-bond acceptors (Lipinski definition) is 4. The summed E-state index contributed by atoms with van der Waals surface area (Å²) < 4.78 is 1.64. The van der Waals surface area contributed by atoms with Crippen LogP contribution in [-0.4, -0.2) is 52.4 Å². The second-order valence-corrected chi connectivity index (χ2v) is 7.59. The van der Waals surface area contributed by atoms with Crippen LogP contribution in [0.1, 0.15) is 18.4 Å². The van der Waals surface area contributed by atoms with E-state index in [9.17, 15) is 4.79 Å². The van der Waals surface area contributed by atoms with Crippen LogP contribution in [0.5, 0.6) is 0 Å². The molecule has 2 N–H and O–H groups in total. The molecule has 7 heteroatoms. The van der Waals surface area contributed by atoms with Crippen molar-refractivity contribution in [2.45, 2.75) is 18.3 Å². The van der Waals surface area contributed by atoms with Gasteiger partial charge in [-0.3, -0.25) is 5.32 Å². The number of amides is 2. The number of carbonyl (C=O) groups excluding carboxylic acids is 1. The van der Waals surface area contributed by atoms with Crippen LogP contribution in [0.2, 0.25) is 0 Å². The number of aromatic nitrogens is 3. The molecule has 3 heterocycles. The van der Waals surface area contributed by atoms with E-state index in [1.807, 2.05) is 24.3 Å². The number of urea groups is 1. The molecule has 0 spiro atoms. The highest BCUT2D eigenvalue weighted by molar-refractivity contribution is 5.88. The summed E-state index contributed by atoms with van der Waals surface area (Å²) in [5.41, 5.74) is 1.24. The first-order valence-corrected chi connectivity index (χ1v) is 9.91. The average Bonchev–Trinajstić information content (AvgIpc) is 3.23. The van der Waals surface area contributed by atoms with Crippen molar-refractivity contribution < 1.29 is 4.79 Å². The molecule has 4 rings (SSSR count). The van der Waals surface area contributed by atoms with Gasteiger partial charge in [-0.05, 0) is 50.7 Å². The SMILES string of the molecule is CN1CCC(CNC(=O)Nc2ccn(-c3ccccn3)n2)(c2ccccc2)CC1. The van der Waals surface area contributed by atoms with E-state index in [2.05, 4.69) is 56.9 Å². The van der Waals surface area contributed by atoms with E-state index in [0.29, 0.717) is 18.2 Å². The molecule has 1 saturated heterocycles. The predicted molar refractivity (Wildman–Crippen MR) is 113 cm³/mol. The molecule has 2 amide bonds. The molecule has 1 aliphatic heterocycles. The smallest absolute Gasteiger partial charge is 0.320 e. The molecule has 0 atom stereocenters. The predicted octanol–water partition coefficient (Wildman–Crippen LogP) is 3.05. The first kappa shape index (κ1) is 19.1. The second kappa shape index (κ2) is 8.45. The Morgan fingerprint density at radius 1 is 1.07 bits per heavy atom. The van der Waals surface area contributed by atoms with Gasteiger partial charge in [-0.2, -0.15) is 0 Å². The lowest BCUT2D eigenvalue weighted by atomic mass is 9.72. The minimum Gasteiger partial charge on any atom is -0.337 e. The third kappa shape index (κ3) is 4.46. The molecule has 3 aromatic rings. The van der Waals surface area contributed by atoms with Gasteiger partial charge in [0.2, 0.25) is 0 Å². The minimum atomic E-state index is -0.245. The zero-order valence-corrected chi connectivity index (χ0v) is 16.6. The molecule has 1 fully saturated rings. The third-order valence-corrected chi connectivity index (χ3v) is 5.63. The number of likely N-dealkylation sites (tertiary alicyclic amines) is 1. The van der Waals surface area contributed by atoms with Gasteiger partial charge in [0.15, 0.2) is 11.6 Å². The third-order valence-electron chi connectivity index (χ3n) is 5.63. The quantitative estimate of drug-likeness (QED) is 0.702. The zero-order valence-electron chi connectivity index (χ0n) is 16.6.